The number of urea groups is 1. The molecule has 1 N–H and O–H groups in total. The first-order chi connectivity index (χ1) is 13.1. The molecule has 1 rings (SSSR count). The van der Waals surface area contributed by atoms with Gasteiger partial charge in [-0.15, -0.1) is 0 Å². The van der Waals surface area contributed by atoms with Gasteiger partial charge < -0.3 is 23.5 Å². The molecule has 0 aliphatic carbocycles. The molecule has 0 bridgehead atoms. The maximum atomic E-state index is 11.9. The van der Waals surface area contributed by atoms with Crippen LogP contribution in [0, 0.1) is 0 Å². The fourth-order valence-electron chi connectivity index (χ4n) is 3.39. The Morgan fingerprint density at radius 3 is 1.96 bits per heavy atom. The molecule has 0 spiro atoms. The number of unbranched alkanes of at least 4 members (excludes halogenated alkanes) is 2. The van der Waals surface area contributed by atoms with Crippen molar-refractivity contribution >= 4 is 14.8 Å². The highest BCUT2D eigenvalue weighted by Crippen LogP contribution is 2.35. The molecule has 1 aliphatic rings. The monoisotopic (exact) mass is 402 g/mol. The Balaban J connectivity index is 2.92. The summed E-state index contributed by atoms with van der Waals surface area (Å²) in [6.45, 7) is 12.9. The average molecular weight is 403 g/mol. The Labute approximate surface area is 167 Å². The van der Waals surface area contributed by atoms with Gasteiger partial charge in [-0.3, -0.25) is 0 Å². The summed E-state index contributed by atoms with van der Waals surface area (Å²) in [6.07, 6.45) is 8.36. The molecule has 6 nitrogen and oxygen atoms in total. The van der Waals surface area contributed by atoms with Crippen LogP contribution in [0.4, 0.5) is 4.79 Å². The number of hydrogen-bond acceptors (Lipinski definition) is 4. The lowest BCUT2D eigenvalue weighted by molar-refractivity contribution is 0.0462. The molecular formula is C20H42N2O4Si. The summed E-state index contributed by atoms with van der Waals surface area (Å²) in [7, 11) is -2.79. The van der Waals surface area contributed by atoms with Crippen LogP contribution >= 0.6 is 0 Å². The number of amides is 2. The number of rotatable bonds is 17. The molecule has 0 aromatic rings. The Kier molecular flexibility index (Phi) is 13.0. The van der Waals surface area contributed by atoms with Crippen LogP contribution in [0.25, 0.3) is 0 Å². The molecule has 1 heterocycles. The summed E-state index contributed by atoms with van der Waals surface area (Å²) in [5.41, 5.74) is 0.252. The molecule has 7 heteroatoms. The minimum Gasteiger partial charge on any atom is -0.373 e. The SMILES string of the molecule is CCCCCC(CCN1CCNC1=O)[Si](OCCC)(OCCC)OCCC. The van der Waals surface area contributed by atoms with Gasteiger partial charge in [0.25, 0.3) is 0 Å². The van der Waals surface area contributed by atoms with Crippen molar-refractivity contribution < 1.29 is 18.1 Å². The van der Waals surface area contributed by atoms with E-state index in [2.05, 4.69) is 33.0 Å². The van der Waals surface area contributed by atoms with Gasteiger partial charge in [0.05, 0.1) is 0 Å². The molecule has 1 aliphatic heterocycles. The lowest BCUT2D eigenvalue weighted by atomic mass is 10.1. The molecule has 27 heavy (non-hydrogen) atoms. The lowest BCUT2D eigenvalue weighted by Crippen LogP contribution is -2.51. The Morgan fingerprint density at radius 2 is 1.52 bits per heavy atom. The molecule has 1 saturated heterocycles. The summed E-state index contributed by atoms with van der Waals surface area (Å²) in [5, 5.41) is 2.89. The first-order valence-electron chi connectivity index (χ1n) is 11.1. The predicted octanol–water partition coefficient (Wildman–Crippen LogP) is 4.57. The molecule has 0 saturated carbocycles. The molecule has 0 radical (unpaired) electrons. The van der Waals surface area contributed by atoms with Crippen LogP contribution in [-0.2, 0) is 13.3 Å². The first-order valence-corrected chi connectivity index (χ1v) is 12.9. The first kappa shape index (κ1) is 24.4. The molecule has 2 amide bonds. The number of nitrogens with one attached hydrogen (secondary N) is 1. The van der Waals surface area contributed by atoms with Gasteiger partial charge in [-0.1, -0.05) is 47.0 Å². The van der Waals surface area contributed by atoms with Gasteiger partial charge in [0.2, 0.25) is 0 Å². The minimum atomic E-state index is -2.79. The Morgan fingerprint density at radius 1 is 0.926 bits per heavy atom. The highest BCUT2D eigenvalue weighted by molar-refractivity contribution is 6.62. The second-order valence-corrected chi connectivity index (χ2v) is 10.2. The summed E-state index contributed by atoms with van der Waals surface area (Å²) >= 11 is 0. The molecule has 1 fully saturated rings. The number of nitrogens with zero attached hydrogens (tertiary/aromatic N) is 1. The van der Waals surface area contributed by atoms with Gasteiger partial charge in [0, 0.05) is 45.0 Å². The fourth-order valence-corrected chi connectivity index (χ4v) is 6.85. The smallest absolute Gasteiger partial charge is 0.373 e. The van der Waals surface area contributed by atoms with Gasteiger partial charge in [-0.2, -0.15) is 0 Å². The van der Waals surface area contributed by atoms with Crippen molar-refractivity contribution in [1.29, 1.82) is 0 Å². The molecule has 160 valence electrons. The molecule has 0 aromatic carbocycles. The van der Waals surface area contributed by atoms with Crippen LogP contribution < -0.4 is 5.32 Å². The van der Waals surface area contributed by atoms with E-state index < -0.39 is 8.80 Å². The van der Waals surface area contributed by atoms with Crippen LogP contribution in [0.1, 0.15) is 79.1 Å². The van der Waals surface area contributed by atoms with Crippen LogP contribution in [0.15, 0.2) is 0 Å². The standard InChI is InChI=1S/C20H42N2O4Si/c1-5-9-10-11-19(12-14-22-15-13-21-20(22)23)27(24-16-6-2,25-17-7-3)26-18-8-4/h19H,5-18H2,1-4H3,(H,21,23). The van der Waals surface area contributed by atoms with Crippen molar-refractivity contribution in [1.82, 2.24) is 10.2 Å². The largest absolute Gasteiger partial charge is 0.504 e. The Hall–Kier alpha value is -0.633. The van der Waals surface area contributed by atoms with Crippen LogP contribution in [0.5, 0.6) is 0 Å². The highest BCUT2D eigenvalue weighted by Gasteiger charge is 2.49. The summed E-state index contributed by atoms with van der Waals surface area (Å²) in [6, 6.07) is 0.0491. The molecule has 0 aromatic heterocycles. The van der Waals surface area contributed by atoms with Crippen molar-refractivity contribution in [3.05, 3.63) is 0 Å². The lowest BCUT2D eigenvalue weighted by Gasteiger charge is -2.37. The van der Waals surface area contributed by atoms with E-state index in [1.165, 1.54) is 12.8 Å². The third-order valence-electron chi connectivity index (χ3n) is 4.87. The summed E-state index contributed by atoms with van der Waals surface area (Å²) < 4.78 is 19.2. The Bertz CT molecular complexity index is 376. The predicted molar refractivity (Wildman–Crippen MR) is 112 cm³/mol. The van der Waals surface area contributed by atoms with E-state index in [1.807, 2.05) is 4.90 Å². The van der Waals surface area contributed by atoms with Gasteiger partial charge in [-0.05, 0) is 32.1 Å². The van der Waals surface area contributed by atoms with E-state index in [0.717, 1.165) is 58.2 Å². The normalized spacial score (nSPS) is 16.0. The number of carbonyl (C=O) groups is 1. The van der Waals surface area contributed by atoms with Crippen LogP contribution in [0.3, 0.4) is 0 Å². The van der Waals surface area contributed by atoms with Gasteiger partial charge in [0.15, 0.2) is 0 Å². The minimum absolute atomic E-state index is 0.0491. The number of carbonyl (C=O) groups excluding carboxylic acids is 1. The zero-order valence-electron chi connectivity index (χ0n) is 18.1. The summed E-state index contributed by atoms with van der Waals surface area (Å²) in [4.78, 5) is 13.9. The van der Waals surface area contributed by atoms with Crippen molar-refractivity contribution in [3.63, 3.8) is 0 Å². The highest BCUT2D eigenvalue weighted by atomic mass is 28.4. The quantitative estimate of drug-likeness (QED) is 0.286. The van der Waals surface area contributed by atoms with E-state index in [1.54, 1.807) is 0 Å². The topological polar surface area (TPSA) is 60.0 Å². The molecule has 1 atom stereocenters. The van der Waals surface area contributed by atoms with Crippen molar-refractivity contribution in [2.24, 2.45) is 0 Å². The van der Waals surface area contributed by atoms with Crippen molar-refractivity contribution in [2.75, 3.05) is 39.5 Å². The molecule has 1 unspecified atom stereocenters. The number of hydrogen-bond donors (Lipinski definition) is 1. The third kappa shape index (κ3) is 8.50. The maximum absolute atomic E-state index is 11.9. The fraction of sp³-hybridized carbons (Fsp3) is 0.950. The van der Waals surface area contributed by atoms with Gasteiger partial charge >= 0.3 is 14.8 Å². The van der Waals surface area contributed by atoms with E-state index in [9.17, 15) is 4.79 Å². The zero-order valence-corrected chi connectivity index (χ0v) is 19.1. The van der Waals surface area contributed by atoms with E-state index in [0.29, 0.717) is 19.8 Å². The maximum Gasteiger partial charge on any atom is 0.504 e. The zero-order chi connectivity index (χ0) is 20.0. The van der Waals surface area contributed by atoms with Crippen LogP contribution in [0.2, 0.25) is 5.54 Å². The van der Waals surface area contributed by atoms with Gasteiger partial charge in [0.1, 0.15) is 0 Å². The van der Waals surface area contributed by atoms with E-state index in [4.69, 9.17) is 13.3 Å². The third-order valence-corrected chi connectivity index (χ3v) is 8.27. The van der Waals surface area contributed by atoms with Gasteiger partial charge in [-0.25, -0.2) is 4.79 Å². The second-order valence-electron chi connectivity index (χ2n) is 7.35. The van der Waals surface area contributed by atoms with E-state index >= 15 is 0 Å². The second kappa shape index (κ2) is 14.4. The van der Waals surface area contributed by atoms with Crippen LogP contribution in [-0.4, -0.2) is 59.2 Å². The summed E-state index contributed by atoms with van der Waals surface area (Å²) in [5.74, 6) is 0. The van der Waals surface area contributed by atoms with Crippen molar-refractivity contribution in [3.8, 4) is 0 Å². The van der Waals surface area contributed by atoms with Crippen molar-refractivity contribution in [2.45, 2.75) is 84.6 Å². The molecular weight excluding hydrogens is 360 g/mol. The average Bonchev–Trinajstić information content (AvgIpc) is 3.09. The van der Waals surface area contributed by atoms with E-state index in [-0.39, 0.29) is 11.6 Å².